The average molecular weight is 325 g/mol. The molecule has 0 aliphatic heterocycles. The number of amides is 1. The number of halogens is 1. The van der Waals surface area contributed by atoms with Gasteiger partial charge in [-0.25, -0.2) is 0 Å². The predicted octanol–water partition coefficient (Wildman–Crippen LogP) is 3.56. The van der Waals surface area contributed by atoms with Crippen LogP contribution in [0, 0.1) is 5.92 Å². The Morgan fingerprint density at radius 3 is 2.57 bits per heavy atom. The molecule has 0 fully saturated rings. The van der Waals surface area contributed by atoms with Gasteiger partial charge in [0.2, 0.25) is 5.91 Å². The van der Waals surface area contributed by atoms with E-state index < -0.39 is 0 Å². The van der Waals surface area contributed by atoms with E-state index in [1.807, 2.05) is 54.6 Å². The highest BCUT2D eigenvalue weighted by Crippen LogP contribution is 2.20. The number of hydrogen-bond donors (Lipinski definition) is 1. The van der Waals surface area contributed by atoms with Crippen molar-refractivity contribution in [3.8, 4) is 0 Å². The summed E-state index contributed by atoms with van der Waals surface area (Å²) in [5.41, 5.74) is 2.12. The first-order valence-corrected chi connectivity index (χ1v) is 7.68. The molecule has 1 N–H and O–H groups in total. The van der Waals surface area contributed by atoms with Gasteiger partial charge < -0.3 is 10.2 Å². The van der Waals surface area contributed by atoms with Crippen molar-refractivity contribution in [1.29, 1.82) is 0 Å². The number of anilines is 1. The van der Waals surface area contributed by atoms with E-state index in [0.717, 1.165) is 5.69 Å². The zero-order chi connectivity index (χ0) is 14.4. The van der Waals surface area contributed by atoms with Gasteiger partial charge in [0.25, 0.3) is 0 Å². The molecule has 1 aromatic carbocycles. The number of nitrogens with one attached hydrogen (secondary N) is 1. The van der Waals surface area contributed by atoms with E-state index in [1.165, 1.54) is 5.56 Å². The Bertz CT molecular complexity index is 530. The Hall–Kier alpha value is -1.36. The van der Waals surface area contributed by atoms with Gasteiger partial charge in [-0.05, 0) is 41.6 Å². The Morgan fingerprint density at radius 2 is 2.00 bits per heavy atom. The van der Waals surface area contributed by atoms with Crippen LogP contribution < -0.4 is 10.2 Å². The minimum absolute atomic E-state index is 0. The monoisotopic (exact) mass is 324 g/mol. The Morgan fingerprint density at radius 1 is 1.29 bits per heavy atom. The van der Waals surface area contributed by atoms with Crippen LogP contribution in [0.25, 0.3) is 0 Å². The van der Waals surface area contributed by atoms with Gasteiger partial charge >= 0.3 is 0 Å². The van der Waals surface area contributed by atoms with Crippen LogP contribution in [-0.4, -0.2) is 19.5 Å². The molecule has 0 saturated heterocycles. The number of hydrogen-bond acceptors (Lipinski definition) is 3. The first-order valence-electron chi connectivity index (χ1n) is 6.74. The topological polar surface area (TPSA) is 32.3 Å². The van der Waals surface area contributed by atoms with Crippen LogP contribution in [0.1, 0.15) is 12.5 Å². The van der Waals surface area contributed by atoms with Gasteiger partial charge in [0.15, 0.2) is 0 Å². The summed E-state index contributed by atoms with van der Waals surface area (Å²) in [6.07, 6.45) is 0. The molecule has 0 aliphatic rings. The van der Waals surface area contributed by atoms with E-state index in [0.29, 0.717) is 13.1 Å². The maximum Gasteiger partial charge on any atom is 0.231 e. The third-order valence-corrected chi connectivity index (χ3v) is 3.92. The molecular formula is C16H21ClN2OS. The summed E-state index contributed by atoms with van der Waals surface area (Å²) in [5, 5.41) is 7.20. The average Bonchev–Trinajstić information content (AvgIpc) is 2.98. The summed E-state index contributed by atoms with van der Waals surface area (Å²) in [7, 11) is 1.87. The second kappa shape index (κ2) is 8.82. The number of rotatable bonds is 6. The van der Waals surface area contributed by atoms with Crippen molar-refractivity contribution in [2.45, 2.75) is 13.5 Å². The van der Waals surface area contributed by atoms with Crippen LogP contribution in [0.15, 0.2) is 47.2 Å². The molecule has 0 bridgehead atoms. The summed E-state index contributed by atoms with van der Waals surface area (Å²) in [6.45, 7) is 3.27. The highest BCUT2D eigenvalue weighted by Gasteiger charge is 2.21. The molecule has 1 aromatic heterocycles. The van der Waals surface area contributed by atoms with Crippen molar-refractivity contribution in [3.05, 3.63) is 52.7 Å². The fraction of sp³-hybridized carbons (Fsp3) is 0.312. The molecule has 1 unspecified atom stereocenters. The second-order valence-electron chi connectivity index (χ2n) is 4.85. The molecule has 2 rings (SSSR count). The van der Waals surface area contributed by atoms with Gasteiger partial charge in [-0.3, -0.25) is 4.79 Å². The molecule has 1 amide bonds. The number of nitrogens with zero attached hydrogens (tertiary/aromatic N) is 1. The van der Waals surface area contributed by atoms with E-state index >= 15 is 0 Å². The minimum atomic E-state index is -0.0427. The first-order chi connectivity index (χ1) is 9.72. The molecule has 21 heavy (non-hydrogen) atoms. The fourth-order valence-corrected chi connectivity index (χ4v) is 2.79. The lowest BCUT2D eigenvalue weighted by Crippen LogP contribution is -2.38. The maximum absolute atomic E-state index is 12.6. The smallest absolute Gasteiger partial charge is 0.231 e. The van der Waals surface area contributed by atoms with Gasteiger partial charge in [0.05, 0.1) is 6.54 Å². The van der Waals surface area contributed by atoms with E-state index in [-0.39, 0.29) is 24.2 Å². The third kappa shape index (κ3) is 4.84. The lowest BCUT2D eigenvalue weighted by Gasteiger charge is -2.25. The van der Waals surface area contributed by atoms with Gasteiger partial charge in [0.1, 0.15) is 0 Å². The quantitative estimate of drug-likeness (QED) is 0.881. The van der Waals surface area contributed by atoms with Crippen LogP contribution in [0.5, 0.6) is 0 Å². The van der Waals surface area contributed by atoms with Crippen molar-refractivity contribution in [2.24, 2.45) is 5.92 Å². The molecule has 0 saturated carbocycles. The number of benzene rings is 1. The fourth-order valence-electron chi connectivity index (χ4n) is 2.13. The predicted molar refractivity (Wildman–Crippen MR) is 92.3 cm³/mol. The van der Waals surface area contributed by atoms with Crippen molar-refractivity contribution >= 4 is 35.3 Å². The Labute approximate surface area is 136 Å². The van der Waals surface area contributed by atoms with Crippen molar-refractivity contribution in [3.63, 3.8) is 0 Å². The molecule has 114 valence electrons. The summed E-state index contributed by atoms with van der Waals surface area (Å²) in [4.78, 5) is 14.5. The second-order valence-corrected chi connectivity index (χ2v) is 5.63. The first kappa shape index (κ1) is 17.7. The van der Waals surface area contributed by atoms with E-state index in [2.05, 4.69) is 16.8 Å². The zero-order valence-corrected chi connectivity index (χ0v) is 13.9. The minimum Gasteiger partial charge on any atom is -0.319 e. The largest absolute Gasteiger partial charge is 0.319 e. The van der Waals surface area contributed by atoms with Crippen molar-refractivity contribution < 1.29 is 4.79 Å². The number of para-hydroxylation sites is 1. The van der Waals surface area contributed by atoms with Crippen LogP contribution in [-0.2, 0) is 11.3 Å². The molecule has 0 spiro atoms. The van der Waals surface area contributed by atoms with Crippen LogP contribution in [0.4, 0.5) is 5.69 Å². The Balaban J connectivity index is 0.00000220. The lowest BCUT2D eigenvalue weighted by atomic mass is 10.1. The van der Waals surface area contributed by atoms with Gasteiger partial charge in [-0.15, -0.1) is 12.4 Å². The Kier molecular flexibility index (Phi) is 7.43. The third-order valence-electron chi connectivity index (χ3n) is 3.19. The zero-order valence-electron chi connectivity index (χ0n) is 12.3. The lowest BCUT2D eigenvalue weighted by molar-refractivity contribution is -0.121. The number of thiophene rings is 1. The van der Waals surface area contributed by atoms with E-state index in [4.69, 9.17) is 0 Å². The summed E-state index contributed by atoms with van der Waals surface area (Å²) in [5.74, 6) is 0.107. The van der Waals surface area contributed by atoms with Crippen LogP contribution in [0.2, 0.25) is 0 Å². The highest BCUT2D eigenvalue weighted by molar-refractivity contribution is 7.07. The standard InChI is InChI=1S/C16H20N2OS.ClH/c1-13(10-17-2)16(19)18(11-14-8-9-20-12-14)15-6-4-3-5-7-15;/h3-9,12-13,17H,10-11H2,1-2H3;1H. The molecule has 1 atom stereocenters. The van der Waals surface area contributed by atoms with Crippen LogP contribution >= 0.6 is 23.7 Å². The summed E-state index contributed by atoms with van der Waals surface area (Å²) < 4.78 is 0. The molecule has 1 heterocycles. The summed E-state index contributed by atoms with van der Waals surface area (Å²) >= 11 is 1.66. The molecule has 0 radical (unpaired) electrons. The molecule has 0 aliphatic carbocycles. The van der Waals surface area contributed by atoms with Crippen LogP contribution in [0.3, 0.4) is 0 Å². The van der Waals surface area contributed by atoms with Crippen molar-refractivity contribution in [1.82, 2.24) is 5.32 Å². The highest BCUT2D eigenvalue weighted by atomic mass is 35.5. The molecular weight excluding hydrogens is 304 g/mol. The van der Waals surface area contributed by atoms with Gasteiger partial charge in [0, 0.05) is 18.2 Å². The number of carbonyl (C=O) groups excluding carboxylic acids is 1. The van der Waals surface area contributed by atoms with Gasteiger partial charge in [-0.1, -0.05) is 25.1 Å². The number of carbonyl (C=O) groups is 1. The maximum atomic E-state index is 12.6. The van der Waals surface area contributed by atoms with E-state index in [9.17, 15) is 4.79 Å². The summed E-state index contributed by atoms with van der Waals surface area (Å²) in [6, 6.07) is 11.9. The molecule has 2 aromatic rings. The molecule has 3 nitrogen and oxygen atoms in total. The van der Waals surface area contributed by atoms with Crippen molar-refractivity contribution in [2.75, 3.05) is 18.5 Å². The van der Waals surface area contributed by atoms with Gasteiger partial charge in [-0.2, -0.15) is 11.3 Å². The normalized spacial score (nSPS) is 11.5. The van der Waals surface area contributed by atoms with E-state index in [1.54, 1.807) is 11.3 Å². The SMILES string of the molecule is CNCC(C)C(=O)N(Cc1ccsc1)c1ccccc1.Cl. The molecule has 5 heteroatoms.